The van der Waals surface area contributed by atoms with E-state index in [1.165, 1.54) is 0 Å². The van der Waals surface area contributed by atoms with Gasteiger partial charge in [-0.15, -0.1) is 0 Å². The van der Waals surface area contributed by atoms with Crippen LogP contribution in [0.4, 0.5) is 5.69 Å². The molecule has 0 fully saturated rings. The Morgan fingerprint density at radius 3 is 2.29 bits per heavy atom. The molecule has 1 aliphatic heterocycles. The number of hydrogen-bond donors (Lipinski definition) is 0. The lowest BCUT2D eigenvalue weighted by Crippen LogP contribution is -2.30. The van der Waals surface area contributed by atoms with Crippen LogP contribution in [0.2, 0.25) is 15.1 Å². The van der Waals surface area contributed by atoms with Crippen LogP contribution in [-0.4, -0.2) is 13.0 Å². The van der Waals surface area contributed by atoms with Crippen LogP contribution in [0.3, 0.4) is 0 Å². The number of methoxy groups -OCH3 is 1. The van der Waals surface area contributed by atoms with E-state index in [1.807, 2.05) is 60.7 Å². The van der Waals surface area contributed by atoms with Gasteiger partial charge in [-0.25, -0.2) is 0 Å². The Morgan fingerprint density at radius 1 is 0.824 bits per heavy atom. The Bertz CT molecular complexity index is 1390. The number of anilines is 1. The monoisotopic (exact) mass is 507 g/mol. The van der Waals surface area contributed by atoms with E-state index in [0.29, 0.717) is 27.2 Å². The number of fused-ring (bicyclic) bond motifs is 2. The normalized spacial score (nSPS) is 14.7. The van der Waals surface area contributed by atoms with Crippen LogP contribution in [0, 0.1) is 0 Å². The third-order valence-electron chi connectivity index (χ3n) is 6.13. The molecule has 0 saturated heterocycles. The van der Waals surface area contributed by atoms with E-state index < -0.39 is 0 Å². The molecule has 0 N–H and O–H groups in total. The summed E-state index contributed by atoms with van der Waals surface area (Å²) in [5, 5.41) is 1.82. The molecule has 170 valence electrons. The quantitative estimate of drug-likeness (QED) is 0.281. The molecule has 34 heavy (non-hydrogen) atoms. The minimum Gasteiger partial charge on any atom is -0.497 e. The molecule has 0 bridgehead atoms. The van der Waals surface area contributed by atoms with Crippen molar-refractivity contribution in [3.63, 3.8) is 0 Å². The van der Waals surface area contributed by atoms with Crippen LogP contribution in [0.1, 0.15) is 38.5 Å². The Morgan fingerprint density at radius 2 is 1.56 bits per heavy atom. The third-order valence-corrected chi connectivity index (χ3v) is 6.96. The van der Waals surface area contributed by atoms with Crippen LogP contribution < -0.4 is 9.64 Å². The fourth-order valence-electron chi connectivity index (χ4n) is 4.53. The maximum atomic E-state index is 13.8. The highest BCUT2D eigenvalue weighted by molar-refractivity contribution is 6.32. The van der Waals surface area contributed by atoms with Crippen molar-refractivity contribution in [3.8, 4) is 5.75 Å². The highest BCUT2D eigenvalue weighted by Crippen LogP contribution is 2.46. The lowest BCUT2D eigenvalue weighted by molar-refractivity contribution is 0.0985. The molecule has 3 nitrogen and oxygen atoms in total. The summed E-state index contributed by atoms with van der Waals surface area (Å²) in [5.41, 5.74) is 5.20. The number of carbonyl (C=O) groups excluding carboxylic acids is 1. The second kappa shape index (κ2) is 9.34. The molecule has 0 saturated carbocycles. The van der Waals surface area contributed by atoms with Gasteiger partial charge < -0.3 is 9.64 Å². The van der Waals surface area contributed by atoms with Gasteiger partial charge in [0.1, 0.15) is 5.75 Å². The Labute approximate surface area is 213 Å². The third kappa shape index (κ3) is 4.16. The molecule has 6 heteroatoms. The summed E-state index contributed by atoms with van der Waals surface area (Å²) < 4.78 is 5.51. The lowest BCUT2D eigenvalue weighted by atomic mass is 9.83. The van der Waals surface area contributed by atoms with Crippen molar-refractivity contribution in [2.45, 2.75) is 12.5 Å². The summed E-state index contributed by atoms with van der Waals surface area (Å²) in [6, 6.07) is 26.3. The molecule has 0 aromatic heterocycles. The van der Waals surface area contributed by atoms with Crippen LogP contribution in [-0.2, 0) is 6.54 Å². The van der Waals surface area contributed by atoms with Crippen LogP contribution in [0.25, 0.3) is 0 Å². The maximum absolute atomic E-state index is 13.8. The van der Waals surface area contributed by atoms with E-state index in [1.54, 1.807) is 36.3 Å². The van der Waals surface area contributed by atoms with Crippen LogP contribution >= 0.6 is 34.8 Å². The molecule has 1 atom stereocenters. The summed E-state index contributed by atoms with van der Waals surface area (Å²) >= 11 is 19.3. The topological polar surface area (TPSA) is 29.5 Å². The van der Waals surface area contributed by atoms with E-state index in [0.717, 1.165) is 33.7 Å². The van der Waals surface area contributed by atoms with Gasteiger partial charge in [0.05, 0.1) is 13.7 Å². The number of carbonyl (C=O) groups is 1. The highest BCUT2D eigenvalue weighted by atomic mass is 35.5. The molecule has 1 heterocycles. The van der Waals surface area contributed by atoms with Crippen molar-refractivity contribution in [1.82, 2.24) is 0 Å². The Kier molecular flexibility index (Phi) is 6.26. The maximum Gasteiger partial charge on any atom is 0.258 e. The number of amides is 1. The van der Waals surface area contributed by atoms with Gasteiger partial charge in [0.2, 0.25) is 0 Å². The van der Waals surface area contributed by atoms with Crippen LogP contribution in [0.15, 0.2) is 84.9 Å². The first kappa shape index (κ1) is 22.8. The Balaban J connectivity index is 1.77. The van der Waals surface area contributed by atoms with E-state index in [2.05, 4.69) is 0 Å². The zero-order valence-electron chi connectivity index (χ0n) is 18.3. The minimum atomic E-state index is -0.216. The van der Waals surface area contributed by atoms with Gasteiger partial charge in [0, 0.05) is 32.2 Å². The Hall–Kier alpha value is -2.98. The van der Waals surface area contributed by atoms with Gasteiger partial charge in [-0.05, 0) is 82.9 Å². The standard InChI is InChI=1S/C28H20Cl3NO2/c1-34-21-11-12-22-18(14-21)16-32(28(33)17-6-8-19(29)9-7-17)26-13-10-20(30)15-24(26)27(22)23-4-2-3-5-25(23)31/h2-15,27H,16H2,1H3. The number of benzene rings is 4. The molecule has 4 aromatic rings. The van der Waals surface area contributed by atoms with Crippen molar-refractivity contribution in [2.24, 2.45) is 0 Å². The SMILES string of the molecule is COc1ccc2c(c1)CN(C(=O)c1ccc(Cl)cc1)c1ccc(Cl)cc1C2c1ccccc1Cl. The summed E-state index contributed by atoms with van der Waals surface area (Å²) in [4.78, 5) is 15.6. The number of nitrogens with zero attached hydrogens (tertiary/aromatic N) is 1. The van der Waals surface area contributed by atoms with Gasteiger partial charge in [-0.3, -0.25) is 4.79 Å². The molecule has 1 amide bonds. The number of rotatable bonds is 3. The lowest BCUT2D eigenvalue weighted by Gasteiger charge is -2.25. The molecule has 4 aromatic carbocycles. The average Bonchev–Trinajstić information content (AvgIpc) is 2.98. The van der Waals surface area contributed by atoms with Crippen LogP contribution in [0.5, 0.6) is 5.75 Å². The summed E-state index contributed by atoms with van der Waals surface area (Å²) in [5.74, 6) is 0.375. The number of halogens is 3. The molecule has 0 radical (unpaired) electrons. The molecule has 0 spiro atoms. The van der Waals surface area contributed by atoms with Crippen molar-refractivity contribution in [1.29, 1.82) is 0 Å². The molecular weight excluding hydrogens is 489 g/mol. The zero-order chi connectivity index (χ0) is 23.8. The van der Waals surface area contributed by atoms with E-state index in [4.69, 9.17) is 39.5 Å². The van der Waals surface area contributed by atoms with E-state index >= 15 is 0 Å². The predicted octanol–water partition coefficient (Wildman–Crippen LogP) is 8.00. The van der Waals surface area contributed by atoms with Crippen molar-refractivity contribution < 1.29 is 9.53 Å². The summed E-state index contributed by atoms with van der Waals surface area (Å²) in [6.45, 7) is 0.365. The van der Waals surface area contributed by atoms with E-state index in [9.17, 15) is 4.79 Å². The first-order valence-electron chi connectivity index (χ1n) is 10.7. The first-order chi connectivity index (χ1) is 16.5. The largest absolute Gasteiger partial charge is 0.497 e. The summed E-state index contributed by atoms with van der Waals surface area (Å²) in [7, 11) is 1.63. The smallest absolute Gasteiger partial charge is 0.258 e. The molecule has 0 aliphatic carbocycles. The van der Waals surface area contributed by atoms with Crippen molar-refractivity contribution >= 4 is 46.4 Å². The second-order valence-electron chi connectivity index (χ2n) is 8.12. The van der Waals surface area contributed by atoms with Crippen molar-refractivity contribution in [3.05, 3.63) is 128 Å². The average molecular weight is 509 g/mol. The summed E-state index contributed by atoms with van der Waals surface area (Å²) in [6.07, 6.45) is 0. The van der Waals surface area contributed by atoms with Gasteiger partial charge >= 0.3 is 0 Å². The van der Waals surface area contributed by atoms with Gasteiger partial charge in [0.15, 0.2) is 0 Å². The molecule has 5 rings (SSSR count). The fraction of sp³-hybridized carbons (Fsp3) is 0.107. The van der Waals surface area contributed by atoms with E-state index in [-0.39, 0.29) is 11.8 Å². The molecular formula is C28H20Cl3NO2. The molecule has 1 aliphatic rings. The van der Waals surface area contributed by atoms with Gasteiger partial charge in [0.25, 0.3) is 5.91 Å². The van der Waals surface area contributed by atoms with Gasteiger partial charge in [-0.1, -0.05) is 59.1 Å². The first-order valence-corrected chi connectivity index (χ1v) is 11.9. The number of hydrogen-bond acceptors (Lipinski definition) is 2. The van der Waals surface area contributed by atoms with Crippen molar-refractivity contribution in [2.75, 3.05) is 12.0 Å². The van der Waals surface area contributed by atoms with Gasteiger partial charge in [-0.2, -0.15) is 0 Å². The highest BCUT2D eigenvalue weighted by Gasteiger charge is 2.33. The minimum absolute atomic E-state index is 0.131. The second-order valence-corrected chi connectivity index (χ2v) is 9.40. The fourth-order valence-corrected chi connectivity index (χ4v) is 5.08. The number of ether oxygens (including phenoxy) is 1. The predicted molar refractivity (Wildman–Crippen MR) is 139 cm³/mol. The zero-order valence-corrected chi connectivity index (χ0v) is 20.5. The molecule has 1 unspecified atom stereocenters.